The van der Waals surface area contributed by atoms with Gasteiger partial charge in [0.15, 0.2) is 0 Å². The minimum absolute atomic E-state index is 0.0135. The van der Waals surface area contributed by atoms with E-state index < -0.39 is 17.8 Å². The summed E-state index contributed by atoms with van der Waals surface area (Å²) < 4.78 is 4.80. The van der Waals surface area contributed by atoms with Gasteiger partial charge in [0, 0.05) is 4.88 Å². The number of morpholine rings is 1. The molecule has 1 saturated heterocycles. The molecular weight excluding hydrogens is 258 g/mol. The Hall–Kier alpha value is -1.73. The molecule has 7 heteroatoms. The Balaban J connectivity index is 2.48. The molecule has 1 aliphatic heterocycles. The number of hydrogen-bond donors (Lipinski definition) is 1. The number of hydrogen-bond acceptors (Lipinski definition) is 5. The van der Waals surface area contributed by atoms with E-state index in [1.807, 2.05) is 6.92 Å². The number of rotatable bonds is 3. The third-order valence-corrected chi connectivity index (χ3v) is 3.76. The summed E-state index contributed by atoms with van der Waals surface area (Å²) in [5.74, 6) is -2.20. The quantitative estimate of drug-likeness (QED) is 0.824. The van der Waals surface area contributed by atoms with E-state index in [-0.39, 0.29) is 23.8 Å². The van der Waals surface area contributed by atoms with Crippen molar-refractivity contribution in [2.75, 3.05) is 18.1 Å². The number of imide groups is 1. The molecule has 0 atom stereocenters. The van der Waals surface area contributed by atoms with Crippen LogP contribution in [0.3, 0.4) is 0 Å². The molecule has 1 aromatic rings. The second kappa shape index (κ2) is 4.87. The van der Waals surface area contributed by atoms with Gasteiger partial charge in [0.1, 0.15) is 18.2 Å². The maximum absolute atomic E-state index is 11.7. The van der Waals surface area contributed by atoms with E-state index in [0.717, 1.165) is 21.1 Å². The Bertz CT molecular complexity index is 506. The summed E-state index contributed by atoms with van der Waals surface area (Å²) in [5, 5.41) is 9.28. The lowest BCUT2D eigenvalue weighted by atomic mass is 10.2. The van der Waals surface area contributed by atoms with Crippen LogP contribution in [0.15, 0.2) is 6.07 Å². The molecule has 0 aromatic carbocycles. The molecule has 0 radical (unpaired) electrons. The third-order valence-electron chi connectivity index (χ3n) is 2.50. The van der Waals surface area contributed by atoms with Crippen molar-refractivity contribution in [3.63, 3.8) is 0 Å². The van der Waals surface area contributed by atoms with E-state index in [0.29, 0.717) is 6.42 Å². The molecule has 18 heavy (non-hydrogen) atoms. The van der Waals surface area contributed by atoms with Gasteiger partial charge >= 0.3 is 5.97 Å². The number of carboxylic acid groups (broad SMARTS) is 1. The lowest BCUT2D eigenvalue weighted by Crippen LogP contribution is -2.46. The van der Waals surface area contributed by atoms with Crippen molar-refractivity contribution in [2.45, 2.75) is 13.3 Å². The highest BCUT2D eigenvalue weighted by atomic mass is 32.1. The van der Waals surface area contributed by atoms with Crippen LogP contribution in [0.4, 0.5) is 5.00 Å². The maximum Gasteiger partial charge on any atom is 0.338 e. The molecule has 6 nitrogen and oxygen atoms in total. The lowest BCUT2D eigenvalue weighted by molar-refractivity contribution is -0.138. The van der Waals surface area contributed by atoms with Gasteiger partial charge in [-0.2, -0.15) is 0 Å². The van der Waals surface area contributed by atoms with Crippen LogP contribution in [0.5, 0.6) is 0 Å². The summed E-state index contributed by atoms with van der Waals surface area (Å²) in [6, 6.07) is 1.50. The average molecular weight is 269 g/mol. The number of aryl methyl sites for hydroxylation is 1. The number of carbonyl (C=O) groups is 3. The van der Waals surface area contributed by atoms with Crippen molar-refractivity contribution in [1.29, 1.82) is 0 Å². The highest BCUT2D eigenvalue weighted by molar-refractivity contribution is 7.17. The first-order valence-electron chi connectivity index (χ1n) is 5.34. The van der Waals surface area contributed by atoms with E-state index in [4.69, 9.17) is 9.84 Å². The summed E-state index contributed by atoms with van der Waals surface area (Å²) in [5.41, 5.74) is -0.0135. The van der Waals surface area contributed by atoms with Gasteiger partial charge in [0.25, 0.3) is 11.8 Å². The van der Waals surface area contributed by atoms with Gasteiger partial charge in [-0.15, -0.1) is 11.3 Å². The fourth-order valence-corrected chi connectivity index (χ4v) is 2.77. The number of nitrogens with zero attached hydrogens (tertiary/aromatic N) is 1. The van der Waals surface area contributed by atoms with Gasteiger partial charge < -0.3 is 9.84 Å². The Morgan fingerprint density at radius 1 is 1.44 bits per heavy atom. The summed E-state index contributed by atoms with van der Waals surface area (Å²) in [6.45, 7) is 1.47. The van der Waals surface area contributed by atoms with Crippen LogP contribution in [0.1, 0.15) is 22.2 Å². The van der Waals surface area contributed by atoms with Gasteiger partial charge in [-0.1, -0.05) is 6.92 Å². The van der Waals surface area contributed by atoms with Gasteiger partial charge in [-0.25, -0.2) is 9.69 Å². The Kier molecular flexibility index (Phi) is 3.44. The smallest absolute Gasteiger partial charge is 0.338 e. The van der Waals surface area contributed by atoms with E-state index in [9.17, 15) is 14.4 Å². The molecule has 0 spiro atoms. The number of ether oxygens (including phenoxy) is 1. The highest BCUT2D eigenvalue weighted by Gasteiger charge is 2.32. The third kappa shape index (κ3) is 2.14. The van der Waals surface area contributed by atoms with Gasteiger partial charge in [0.05, 0.1) is 5.56 Å². The zero-order valence-corrected chi connectivity index (χ0v) is 10.5. The van der Waals surface area contributed by atoms with Crippen molar-refractivity contribution < 1.29 is 24.2 Å². The largest absolute Gasteiger partial charge is 0.478 e. The molecule has 2 amide bonds. The van der Waals surface area contributed by atoms with Crippen molar-refractivity contribution in [2.24, 2.45) is 0 Å². The molecule has 0 unspecified atom stereocenters. The van der Waals surface area contributed by atoms with Crippen LogP contribution in [-0.4, -0.2) is 36.1 Å². The first kappa shape index (κ1) is 12.7. The van der Waals surface area contributed by atoms with E-state index in [1.165, 1.54) is 6.07 Å². The Morgan fingerprint density at radius 3 is 2.56 bits per heavy atom. The zero-order chi connectivity index (χ0) is 13.3. The Labute approximate surface area is 107 Å². The second-order valence-electron chi connectivity index (χ2n) is 3.71. The van der Waals surface area contributed by atoms with Gasteiger partial charge in [0.2, 0.25) is 0 Å². The molecule has 0 saturated carbocycles. The highest BCUT2D eigenvalue weighted by Crippen LogP contribution is 2.33. The topological polar surface area (TPSA) is 83.9 Å². The van der Waals surface area contributed by atoms with Crippen molar-refractivity contribution in [3.8, 4) is 0 Å². The predicted molar refractivity (Wildman–Crippen MR) is 64.0 cm³/mol. The minimum atomic E-state index is -1.15. The fraction of sp³-hybridized carbons (Fsp3) is 0.364. The number of carboxylic acids is 1. The van der Waals surface area contributed by atoms with Crippen LogP contribution in [0.25, 0.3) is 0 Å². The molecule has 1 aliphatic rings. The number of aromatic carboxylic acids is 1. The predicted octanol–water partition coefficient (Wildman–Crippen LogP) is 0.898. The zero-order valence-electron chi connectivity index (χ0n) is 9.63. The number of thiophene rings is 1. The van der Waals surface area contributed by atoms with Crippen LogP contribution in [0, 0.1) is 0 Å². The molecule has 1 N–H and O–H groups in total. The molecule has 0 aliphatic carbocycles. The second-order valence-corrected chi connectivity index (χ2v) is 4.82. The molecule has 96 valence electrons. The molecule has 1 fully saturated rings. The number of amides is 2. The first-order valence-corrected chi connectivity index (χ1v) is 6.15. The first-order chi connectivity index (χ1) is 8.54. The Morgan fingerprint density at radius 2 is 2.06 bits per heavy atom. The van der Waals surface area contributed by atoms with E-state index in [2.05, 4.69) is 0 Å². The number of carbonyl (C=O) groups excluding carboxylic acids is 2. The normalized spacial score (nSPS) is 16.2. The van der Waals surface area contributed by atoms with Crippen LogP contribution in [-0.2, 0) is 20.7 Å². The summed E-state index contributed by atoms with van der Waals surface area (Å²) >= 11 is 1.15. The van der Waals surface area contributed by atoms with Crippen molar-refractivity contribution >= 4 is 34.1 Å². The standard InChI is InChI=1S/C11H11NO5S/c1-2-6-3-7(11(15)16)10(18-6)12-8(13)4-17-5-9(12)14/h3H,2,4-5H2,1H3,(H,15,16). The van der Waals surface area contributed by atoms with E-state index >= 15 is 0 Å². The maximum atomic E-state index is 11.7. The molecule has 2 heterocycles. The molecule has 2 rings (SSSR count). The van der Waals surface area contributed by atoms with Crippen LogP contribution >= 0.6 is 11.3 Å². The van der Waals surface area contributed by atoms with Gasteiger partial charge in [-0.3, -0.25) is 9.59 Å². The summed E-state index contributed by atoms with van der Waals surface area (Å²) in [7, 11) is 0. The SMILES string of the molecule is CCc1cc(C(=O)O)c(N2C(=O)COCC2=O)s1. The molecular formula is C11H11NO5S. The molecule has 0 bridgehead atoms. The fourth-order valence-electron chi connectivity index (χ4n) is 1.65. The average Bonchev–Trinajstić information content (AvgIpc) is 2.73. The number of anilines is 1. The lowest BCUT2D eigenvalue weighted by Gasteiger charge is -2.23. The van der Waals surface area contributed by atoms with Crippen molar-refractivity contribution in [1.82, 2.24) is 0 Å². The summed E-state index contributed by atoms with van der Waals surface area (Å²) in [4.78, 5) is 36.2. The van der Waals surface area contributed by atoms with Gasteiger partial charge in [-0.05, 0) is 12.5 Å². The van der Waals surface area contributed by atoms with E-state index in [1.54, 1.807) is 0 Å². The summed E-state index contributed by atoms with van der Waals surface area (Å²) in [6.07, 6.45) is 0.650. The van der Waals surface area contributed by atoms with Crippen molar-refractivity contribution in [3.05, 3.63) is 16.5 Å². The minimum Gasteiger partial charge on any atom is -0.478 e. The monoisotopic (exact) mass is 269 g/mol. The van der Waals surface area contributed by atoms with Crippen LogP contribution < -0.4 is 4.90 Å². The van der Waals surface area contributed by atoms with Crippen LogP contribution in [0.2, 0.25) is 0 Å². The molecule has 1 aromatic heterocycles.